The van der Waals surface area contributed by atoms with Crippen molar-refractivity contribution in [3.63, 3.8) is 0 Å². The molecule has 142 valence electrons. The van der Waals surface area contributed by atoms with Gasteiger partial charge in [-0.1, -0.05) is 48.0 Å². The van der Waals surface area contributed by atoms with Crippen LogP contribution in [-0.2, 0) is 4.79 Å². The summed E-state index contributed by atoms with van der Waals surface area (Å²) in [5.74, 6) is 0.00310. The van der Waals surface area contributed by atoms with E-state index in [0.717, 1.165) is 24.3 Å². The minimum absolute atomic E-state index is 0.00310. The summed E-state index contributed by atoms with van der Waals surface area (Å²) in [5.41, 5.74) is 7.21. The fourth-order valence-electron chi connectivity index (χ4n) is 3.30. The first-order valence-electron chi connectivity index (χ1n) is 8.92. The Morgan fingerprint density at radius 2 is 1.74 bits per heavy atom. The number of hydrogen-bond acceptors (Lipinski definition) is 3. The van der Waals surface area contributed by atoms with Gasteiger partial charge in [0.2, 0.25) is 5.91 Å². The molecule has 1 saturated heterocycles. The first-order chi connectivity index (χ1) is 13.0. The van der Waals surface area contributed by atoms with Gasteiger partial charge >= 0.3 is 6.03 Å². The third-order valence-electron chi connectivity index (χ3n) is 4.70. The van der Waals surface area contributed by atoms with Crippen molar-refractivity contribution in [1.82, 2.24) is 10.2 Å². The number of carbonyl (C=O) groups excluding carboxylic acids is 2. The van der Waals surface area contributed by atoms with Gasteiger partial charge in [-0.3, -0.25) is 4.79 Å². The molecule has 0 bridgehead atoms. The van der Waals surface area contributed by atoms with Crippen LogP contribution >= 0.6 is 11.6 Å². The second-order valence-corrected chi connectivity index (χ2v) is 6.96. The van der Waals surface area contributed by atoms with Gasteiger partial charge in [0.15, 0.2) is 0 Å². The molecule has 0 unspecified atom stereocenters. The van der Waals surface area contributed by atoms with Gasteiger partial charge in [0.25, 0.3) is 0 Å². The maximum atomic E-state index is 12.8. The van der Waals surface area contributed by atoms with Crippen molar-refractivity contribution in [2.45, 2.75) is 12.5 Å². The van der Waals surface area contributed by atoms with Gasteiger partial charge in [0.05, 0.1) is 12.5 Å². The maximum Gasteiger partial charge on any atom is 0.312 e. The van der Waals surface area contributed by atoms with Crippen LogP contribution in [0.15, 0.2) is 54.6 Å². The summed E-state index contributed by atoms with van der Waals surface area (Å²) in [4.78, 5) is 28.1. The molecule has 0 spiro atoms. The Morgan fingerprint density at radius 1 is 1.04 bits per heavy atom. The van der Waals surface area contributed by atoms with Crippen molar-refractivity contribution in [2.24, 2.45) is 5.73 Å². The summed E-state index contributed by atoms with van der Waals surface area (Å²) in [5, 5.41) is 3.38. The van der Waals surface area contributed by atoms with Crippen molar-refractivity contribution in [1.29, 1.82) is 0 Å². The lowest BCUT2D eigenvalue weighted by Gasteiger charge is -2.36. The third kappa shape index (κ3) is 5.14. The predicted molar refractivity (Wildman–Crippen MR) is 107 cm³/mol. The molecule has 0 aliphatic carbocycles. The second-order valence-electron chi connectivity index (χ2n) is 6.52. The average Bonchev–Trinajstić information content (AvgIpc) is 2.68. The lowest BCUT2D eigenvalue weighted by Crippen LogP contribution is -2.49. The highest BCUT2D eigenvalue weighted by Gasteiger charge is 2.25. The molecule has 1 aliphatic heterocycles. The zero-order valence-electron chi connectivity index (χ0n) is 15.0. The molecular formula is C20H23ClN4O2. The van der Waals surface area contributed by atoms with Gasteiger partial charge in [-0.05, 0) is 23.8 Å². The number of nitrogens with one attached hydrogen (secondary N) is 1. The van der Waals surface area contributed by atoms with Crippen LogP contribution in [0, 0.1) is 0 Å². The van der Waals surface area contributed by atoms with E-state index in [1.165, 1.54) is 0 Å². The SMILES string of the molecule is NC(=O)N[C@H](CC(=O)N1CCN(c2cccc(Cl)c2)CC1)c1ccccc1. The summed E-state index contributed by atoms with van der Waals surface area (Å²) in [6.07, 6.45) is 0.185. The molecule has 3 amide bonds. The Kier molecular flexibility index (Phi) is 6.19. The normalized spacial score (nSPS) is 15.3. The maximum absolute atomic E-state index is 12.8. The highest BCUT2D eigenvalue weighted by molar-refractivity contribution is 6.30. The molecular weight excluding hydrogens is 364 g/mol. The van der Waals surface area contributed by atoms with E-state index in [2.05, 4.69) is 10.2 Å². The van der Waals surface area contributed by atoms with Gasteiger partial charge in [-0.2, -0.15) is 0 Å². The highest BCUT2D eigenvalue weighted by Crippen LogP contribution is 2.22. The highest BCUT2D eigenvalue weighted by atomic mass is 35.5. The Hall–Kier alpha value is -2.73. The Labute approximate surface area is 163 Å². The smallest absolute Gasteiger partial charge is 0.312 e. The number of nitrogens with two attached hydrogens (primary N) is 1. The predicted octanol–water partition coefficient (Wildman–Crippen LogP) is 2.79. The fourth-order valence-corrected chi connectivity index (χ4v) is 3.48. The monoisotopic (exact) mass is 386 g/mol. The molecule has 1 heterocycles. The summed E-state index contributed by atoms with van der Waals surface area (Å²) in [6.45, 7) is 2.74. The van der Waals surface area contributed by atoms with Crippen molar-refractivity contribution < 1.29 is 9.59 Å². The molecule has 6 nitrogen and oxygen atoms in total. The summed E-state index contributed by atoms with van der Waals surface area (Å²) < 4.78 is 0. The molecule has 2 aromatic carbocycles. The summed E-state index contributed by atoms with van der Waals surface area (Å²) in [6, 6.07) is 16.1. The van der Waals surface area contributed by atoms with Crippen LogP contribution in [0.25, 0.3) is 0 Å². The molecule has 1 atom stereocenters. The molecule has 0 aromatic heterocycles. The largest absolute Gasteiger partial charge is 0.368 e. The number of anilines is 1. The number of rotatable bonds is 5. The number of hydrogen-bond donors (Lipinski definition) is 2. The van der Waals surface area contributed by atoms with E-state index in [0.29, 0.717) is 18.1 Å². The Morgan fingerprint density at radius 3 is 2.37 bits per heavy atom. The van der Waals surface area contributed by atoms with E-state index in [1.807, 2.05) is 59.5 Å². The number of carbonyl (C=O) groups is 2. The zero-order valence-corrected chi connectivity index (χ0v) is 15.7. The lowest BCUT2D eigenvalue weighted by molar-refractivity contribution is -0.132. The standard InChI is InChI=1S/C20H23ClN4O2/c21-16-7-4-8-17(13-16)24-9-11-25(12-10-24)19(26)14-18(23-20(22)27)15-5-2-1-3-6-15/h1-8,13,18H,9-12,14H2,(H3,22,23,27)/t18-/m1/s1. The minimum Gasteiger partial charge on any atom is -0.368 e. The minimum atomic E-state index is -0.637. The molecule has 1 fully saturated rings. The van der Waals surface area contributed by atoms with Gasteiger partial charge in [-0.25, -0.2) is 4.79 Å². The zero-order chi connectivity index (χ0) is 19.2. The Bertz CT molecular complexity index is 792. The van der Waals surface area contributed by atoms with E-state index >= 15 is 0 Å². The molecule has 3 N–H and O–H groups in total. The number of urea groups is 1. The first kappa shape index (κ1) is 19.0. The van der Waals surface area contributed by atoms with Gasteiger partial charge in [0, 0.05) is 36.9 Å². The number of nitrogens with zero attached hydrogens (tertiary/aromatic N) is 2. The molecule has 27 heavy (non-hydrogen) atoms. The number of primary amides is 1. The molecule has 0 saturated carbocycles. The molecule has 7 heteroatoms. The van der Waals surface area contributed by atoms with E-state index in [-0.39, 0.29) is 12.3 Å². The van der Waals surface area contributed by atoms with Crippen LogP contribution in [-0.4, -0.2) is 43.0 Å². The van der Waals surface area contributed by atoms with Crippen molar-refractivity contribution in [3.05, 3.63) is 65.2 Å². The summed E-state index contributed by atoms with van der Waals surface area (Å²) >= 11 is 6.06. The van der Waals surface area contributed by atoms with E-state index in [1.54, 1.807) is 0 Å². The number of amides is 3. The Balaban J connectivity index is 1.60. The number of benzene rings is 2. The van der Waals surface area contributed by atoms with Gasteiger partial charge in [0.1, 0.15) is 0 Å². The fraction of sp³-hybridized carbons (Fsp3) is 0.300. The lowest BCUT2D eigenvalue weighted by atomic mass is 10.0. The average molecular weight is 387 g/mol. The molecule has 1 aliphatic rings. The van der Waals surface area contributed by atoms with Crippen LogP contribution in [0.4, 0.5) is 10.5 Å². The van der Waals surface area contributed by atoms with Crippen LogP contribution in [0.1, 0.15) is 18.0 Å². The third-order valence-corrected chi connectivity index (χ3v) is 4.94. The van der Waals surface area contributed by atoms with Crippen molar-refractivity contribution in [3.8, 4) is 0 Å². The molecule has 2 aromatic rings. The van der Waals surface area contributed by atoms with Crippen molar-refractivity contribution in [2.75, 3.05) is 31.1 Å². The molecule has 3 rings (SSSR count). The number of piperazine rings is 1. The van der Waals surface area contributed by atoms with Crippen LogP contribution < -0.4 is 16.0 Å². The van der Waals surface area contributed by atoms with Crippen molar-refractivity contribution >= 4 is 29.2 Å². The number of halogens is 1. The first-order valence-corrected chi connectivity index (χ1v) is 9.30. The molecule has 0 radical (unpaired) electrons. The van der Waals surface area contributed by atoms with Crippen LogP contribution in [0.5, 0.6) is 0 Å². The summed E-state index contributed by atoms with van der Waals surface area (Å²) in [7, 11) is 0. The van der Waals surface area contributed by atoms with E-state index < -0.39 is 12.1 Å². The van der Waals surface area contributed by atoms with Crippen LogP contribution in [0.3, 0.4) is 0 Å². The van der Waals surface area contributed by atoms with E-state index in [9.17, 15) is 9.59 Å². The second kappa shape index (κ2) is 8.77. The van der Waals surface area contributed by atoms with E-state index in [4.69, 9.17) is 17.3 Å². The van der Waals surface area contributed by atoms with Gasteiger partial charge in [-0.15, -0.1) is 0 Å². The van der Waals surface area contributed by atoms with Crippen LogP contribution in [0.2, 0.25) is 5.02 Å². The topological polar surface area (TPSA) is 78.7 Å². The van der Waals surface area contributed by atoms with Gasteiger partial charge < -0.3 is 20.9 Å². The quantitative estimate of drug-likeness (QED) is 0.829.